The summed E-state index contributed by atoms with van der Waals surface area (Å²) < 4.78 is 27.8. The van der Waals surface area contributed by atoms with E-state index in [2.05, 4.69) is 14.9 Å². The van der Waals surface area contributed by atoms with E-state index in [0.717, 1.165) is 18.5 Å². The van der Waals surface area contributed by atoms with Gasteiger partial charge in [-0.25, -0.2) is 13.1 Å². The van der Waals surface area contributed by atoms with Gasteiger partial charge in [-0.1, -0.05) is 30.3 Å². The third-order valence-corrected chi connectivity index (χ3v) is 5.68. The van der Waals surface area contributed by atoms with Crippen molar-refractivity contribution in [3.63, 3.8) is 0 Å². The number of amides is 1. The minimum Gasteiger partial charge on any atom is -0.352 e. The summed E-state index contributed by atoms with van der Waals surface area (Å²) in [6.45, 7) is 3.26. The topological polar surface area (TPSA) is 78.5 Å². The van der Waals surface area contributed by atoms with Gasteiger partial charge in [0.15, 0.2) is 0 Å². The molecule has 0 aliphatic carbocycles. The molecular weight excluding hydrogens is 362 g/mol. The van der Waals surface area contributed by atoms with Crippen molar-refractivity contribution < 1.29 is 13.2 Å². The summed E-state index contributed by atoms with van der Waals surface area (Å²) >= 11 is 0. The van der Waals surface area contributed by atoms with Gasteiger partial charge in [0.1, 0.15) is 0 Å². The van der Waals surface area contributed by atoms with E-state index in [4.69, 9.17) is 0 Å². The quantitative estimate of drug-likeness (QED) is 0.646. The van der Waals surface area contributed by atoms with E-state index in [-0.39, 0.29) is 16.8 Å². The van der Waals surface area contributed by atoms with Crippen molar-refractivity contribution in [2.75, 3.05) is 27.2 Å². The van der Waals surface area contributed by atoms with Crippen LogP contribution >= 0.6 is 0 Å². The number of rotatable bonds is 9. The lowest BCUT2D eigenvalue weighted by Gasteiger charge is -2.15. The van der Waals surface area contributed by atoms with E-state index < -0.39 is 10.0 Å². The van der Waals surface area contributed by atoms with Gasteiger partial charge in [-0.3, -0.25) is 4.79 Å². The highest BCUT2D eigenvalue weighted by Gasteiger charge is 2.18. The largest absolute Gasteiger partial charge is 0.352 e. The van der Waals surface area contributed by atoms with Gasteiger partial charge in [-0.2, -0.15) is 0 Å². The van der Waals surface area contributed by atoms with Gasteiger partial charge >= 0.3 is 0 Å². The molecule has 27 heavy (non-hydrogen) atoms. The Labute approximate surface area is 161 Å². The Morgan fingerprint density at radius 2 is 1.67 bits per heavy atom. The Kier molecular flexibility index (Phi) is 7.53. The molecule has 6 nitrogen and oxygen atoms in total. The molecule has 0 aromatic heterocycles. The lowest BCUT2D eigenvalue weighted by Crippen LogP contribution is -2.28. The number of carbonyl (C=O) groups excluding carboxylic acids is 1. The Bertz CT molecular complexity index is 835. The Balaban J connectivity index is 1.97. The number of carbonyl (C=O) groups is 1. The van der Waals surface area contributed by atoms with Crippen molar-refractivity contribution in [1.82, 2.24) is 14.9 Å². The van der Waals surface area contributed by atoms with Crippen molar-refractivity contribution >= 4 is 15.9 Å². The van der Waals surface area contributed by atoms with Crippen LogP contribution in [0.3, 0.4) is 0 Å². The van der Waals surface area contributed by atoms with E-state index >= 15 is 0 Å². The maximum Gasteiger partial charge on any atom is 0.251 e. The molecule has 0 saturated carbocycles. The number of benzene rings is 2. The summed E-state index contributed by atoms with van der Waals surface area (Å²) in [5, 5.41) is 2.84. The monoisotopic (exact) mass is 389 g/mol. The molecule has 0 bridgehead atoms. The molecule has 0 radical (unpaired) electrons. The highest BCUT2D eigenvalue weighted by Crippen LogP contribution is 2.17. The summed E-state index contributed by atoms with van der Waals surface area (Å²) in [4.78, 5) is 14.3. The molecule has 1 amide bonds. The Morgan fingerprint density at radius 1 is 1.04 bits per heavy atom. The van der Waals surface area contributed by atoms with Gasteiger partial charge in [-0.05, 0) is 63.8 Å². The number of hydrogen-bond donors (Lipinski definition) is 2. The molecule has 2 aromatic rings. The normalized spacial score (nSPS) is 12.7. The van der Waals surface area contributed by atoms with Crippen LogP contribution < -0.4 is 10.0 Å². The summed E-state index contributed by atoms with van der Waals surface area (Å²) in [6.07, 6.45) is 0.854. The molecule has 0 aliphatic rings. The molecule has 2 aromatic carbocycles. The maximum absolute atomic E-state index is 12.6. The third kappa shape index (κ3) is 6.46. The lowest BCUT2D eigenvalue weighted by molar-refractivity contribution is 0.0952. The predicted molar refractivity (Wildman–Crippen MR) is 107 cm³/mol. The Morgan fingerprint density at radius 3 is 2.26 bits per heavy atom. The van der Waals surface area contributed by atoms with Crippen LogP contribution in [0.15, 0.2) is 59.5 Å². The van der Waals surface area contributed by atoms with Crippen molar-refractivity contribution in [3.8, 4) is 0 Å². The average Bonchev–Trinajstić information content (AvgIpc) is 2.65. The van der Waals surface area contributed by atoms with Crippen LogP contribution in [0.1, 0.15) is 35.3 Å². The number of sulfonamides is 1. The molecule has 1 atom stereocenters. The van der Waals surface area contributed by atoms with Gasteiger partial charge in [0.25, 0.3) is 5.91 Å². The first-order chi connectivity index (χ1) is 12.8. The van der Waals surface area contributed by atoms with Crippen LogP contribution in [0.5, 0.6) is 0 Å². The van der Waals surface area contributed by atoms with Gasteiger partial charge in [0.05, 0.1) is 4.90 Å². The van der Waals surface area contributed by atoms with Crippen LogP contribution in [-0.2, 0) is 10.0 Å². The molecule has 146 valence electrons. The van der Waals surface area contributed by atoms with E-state index in [1.807, 2.05) is 44.4 Å². The van der Waals surface area contributed by atoms with Crippen LogP contribution in [0.4, 0.5) is 0 Å². The molecule has 2 rings (SSSR count). The van der Waals surface area contributed by atoms with Crippen LogP contribution in [0.2, 0.25) is 0 Å². The van der Waals surface area contributed by atoms with Crippen molar-refractivity contribution in [2.45, 2.75) is 24.3 Å². The molecular formula is C20H27N3O3S. The minimum absolute atomic E-state index is 0.134. The SMILES string of the molecule is CC(NS(=O)(=O)c1ccc(C(=O)NCCCN(C)C)cc1)c1ccccc1. The summed E-state index contributed by atoms with van der Waals surface area (Å²) in [6, 6.07) is 15.0. The first-order valence-corrected chi connectivity index (χ1v) is 10.4. The highest BCUT2D eigenvalue weighted by atomic mass is 32.2. The van der Waals surface area contributed by atoms with Crippen molar-refractivity contribution in [3.05, 3.63) is 65.7 Å². The standard InChI is InChI=1S/C20H27N3O3S/c1-16(17-8-5-4-6-9-17)22-27(25,26)19-12-10-18(11-13-19)20(24)21-14-7-15-23(2)3/h4-6,8-13,16,22H,7,14-15H2,1-3H3,(H,21,24). The van der Waals surface area contributed by atoms with Crippen LogP contribution in [0.25, 0.3) is 0 Å². The molecule has 2 N–H and O–H groups in total. The first kappa shape index (κ1) is 21.1. The van der Waals surface area contributed by atoms with E-state index in [9.17, 15) is 13.2 Å². The average molecular weight is 390 g/mol. The van der Waals surface area contributed by atoms with Crippen LogP contribution in [0, 0.1) is 0 Å². The second kappa shape index (κ2) is 9.64. The molecule has 7 heteroatoms. The fourth-order valence-electron chi connectivity index (χ4n) is 2.60. The molecule has 0 aliphatic heterocycles. The van der Waals surface area contributed by atoms with Crippen molar-refractivity contribution in [1.29, 1.82) is 0 Å². The zero-order chi connectivity index (χ0) is 19.9. The molecule has 0 spiro atoms. The lowest BCUT2D eigenvalue weighted by atomic mass is 10.1. The zero-order valence-corrected chi connectivity index (χ0v) is 16.8. The van der Waals surface area contributed by atoms with Gasteiger partial charge in [-0.15, -0.1) is 0 Å². The van der Waals surface area contributed by atoms with Crippen LogP contribution in [-0.4, -0.2) is 46.4 Å². The first-order valence-electron chi connectivity index (χ1n) is 8.90. The number of hydrogen-bond acceptors (Lipinski definition) is 4. The van der Waals surface area contributed by atoms with E-state index in [0.29, 0.717) is 12.1 Å². The maximum atomic E-state index is 12.6. The summed E-state index contributed by atoms with van der Waals surface area (Å²) in [7, 11) is 0.292. The highest BCUT2D eigenvalue weighted by molar-refractivity contribution is 7.89. The van der Waals surface area contributed by atoms with Gasteiger partial charge in [0, 0.05) is 18.2 Å². The summed E-state index contributed by atoms with van der Waals surface area (Å²) in [5.41, 5.74) is 1.32. The number of nitrogens with zero attached hydrogens (tertiary/aromatic N) is 1. The van der Waals surface area contributed by atoms with E-state index in [1.165, 1.54) is 24.3 Å². The zero-order valence-electron chi connectivity index (χ0n) is 16.0. The second-order valence-corrected chi connectivity index (χ2v) is 8.40. The fraction of sp³-hybridized carbons (Fsp3) is 0.350. The fourth-order valence-corrected chi connectivity index (χ4v) is 3.83. The molecule has 0 fully saturated rings. The van der Waals surface area contributed by atoms with Gasteiger partial charge in [0.2, 0.25) is 10.0 Å². The Hall–Kier alpha value is -2.22. The molecule has 0 saturated heterocycles. The van der Waals surface area contributed by atoms with Gasteiger partial charge < -0.3 is 10.2 Å². The molecule has 1 unspecified atom stereocenters. The van der Waals surface area contributed by atoms with Crippen molar-refractivity contribution in [2.24, 2.45) is 0 Å². The predicted octanol–water partition coefficient (Wildman–Crippen LogP) is 2.41. The third-order valence-electron chi connectivity index (χ3n) is 4.13. The smallest absolute Gasteiger partial charge is 0.251 e. The van der Waals surface area contributed by atoms with E-state index in [1.54, 1.807) is 6.92 Å². The second-order valence-electron chi connectivity index (χ2n) is 6.69. The number of nitrogens with one attached hydrogen (secondary N) is 2. The molecule has 0 heterocycles. The summed E-state index contributed by atoms with van der Waals surface area (Å²) in [5.74, 6) is -0.205. The minimum atomic E-state index is -3.67.